The number of hydrogen-bond donors (Lipinski definition) is 1. The number of methoxy groups -OCH3 is 1. The van der Waals surface area contributed by atoms with E-state index in [1.165, 1.54) is 7.11 Å². The highest BCUT2D eigenvalue weighted by atomic mass is 79.9. The predicted molar refractivity (Wildman–Crippen MR) is 123 cm³/mol. The molecule has 32 heavy (non-hydrogen) atoms. The van der Waals surface area contributed by atoms with E-state index in [0.29, 0.717) is 63.8 Å². The summed E-state index contributed by atoms with van der Waals surface area (Å²) in [5, 5.41) is 10.4. The Morgan fingerprint density at radius 2 is 2.03 bits per heavy atom. The lowest BCUT2D eigenvalue weighted by Crippen LogP contribution is -2.27. The topological polar surface area (TPSA) is 94.6 Å². The standard InChI is InChI=1S/C24H20BrClN2O4/c1-30-20-10-14(9-17(25)23(20)31-12-13-5-7-15(26)8-6-13)21-16(11-27)24(28)32-19-4-2-3-18(29)22(19)21/h5-10,21H,2-4,12,28H2,1H3. The first kappa shape index (κ1) is 22.3. The SMILES string of the molecule is COc1cc(C2C(C#N)=C(N)OC3=C2C(=O)CCC3)cc(Br)c1OCc1ccc(Cl)cc1. The van der Waals surface area contributed by atoms with Crippen LogP contribution in [0.15, 0.2) is 63.7 Å². The van der Waals surface area contributed by atoms with E-state index in [1.807, 2.05) is 18.2 Å². The number of carbonyl (C=O) groups is 1. The molecule has 2 aromatic carbocycles. The third-order valence-electron chi connectivity index (χ3n) is 5.49. The second-order valence-electron chi connectivity index (χ2n) is 7.49. The second-order valence-corrected chi connectivity index (χ2v) is 8.78. The third kappa shape index (κ3) is 4.21. The molecule has 164 valence electrons. The first-order valence-corrected chi connectivity index (χ1v) is 11.2. The molecular formula is C24H20BrClN2O4. The summed E-state index contributed by atoms with van der Waals surface area (Å²) in [7, 11) is 1.54. The minimum Gasteiger partial charge on any atom is -0.493 e. The molecule has 8 heteroatoms. The zero-order chi connectivity index (χ0) is 22.8. The van der Waals surface area contributed by atoms with Crippen LogP contribution < -0.4 is 15.2 Å². The van der Waals surface area contributed by atoms with E-state index in [2.05, 4.69) is 22.0 Å². The Bertz CT molecular complexity index is 1180. The minimum absolute atomic E-state index is 0.0316. The summed E-state index contributed by atoms with van der Waals surface area (Å²) < 4.78 is 17.9. The van der Waals surface area contributed by atoms with Crippen molar-refractivity contribution in [2.45, 2.75) is 31.8 Å². The van der Waals surface area contributed by atoms with Crippen LogP contribution in [0.1, 0.15) is 36.3 Å². The van der Waals surface area contributed by atoms with Crippen LogP contribution in [0.3, 0.4) is 0 Å². The first-order chi connectivity index (χ1) is 15.4. The zero-order valence-corrected chi connectivity index (χ0v) is 19.6. The van der Waals surface area contributed by atoms with Gasteiger partial charge in [0.1, 0.15) is 24.0 Å². The molecule has 1 heterocycles. The maximum Gasteiger partial charge on any atom is 0.205 e. The molecule has 2 aromatic rings. The van der Waals surface area contributed by atoms with Gasteiger partial charge in [-0.3, -0.25) is 4.79 Å². The number of halogens is 2. The summed E-state index contributed by atoms with van der Waals surface area (Å²) in [5.41, 5.74) is 8.38. The first-order valence-electron chi connectivity index (χ1n) is 10.0. The van der Waals surface area contributed by atoms with Crippen molar-refractivity contribution in [3.05, 3.63) is 79.8 Å². The maximum atomic E-state index is 12.8. The van der Waals surface area contributed by atoms with Gasteiger partial charge in [-0.1, -0.05) is 23.7 Å². The van der Waals surface area contributed by atoms with Crippen molar-refractivity contribution in [3.8, 4) is 17.6 Å². The number of ether oxygens (including phenoxy) is 3. The predicted octanol–water partition coefficient (Wildman–Crippen LogP) is 5.50. The highest BCUT2D eigenvalue weighted by Gasteiger charge is 2.38. The number of carbonyl (C=O) groups excluding carboxylic acids is 1. The lowest BCUT2D eigenvalue weighted by Gasteiger charge is -2.31. The van der Waals surface area contributed by atoms with Crippen molar-refractivity contribution in [1.82, 2.24) is 0 Å². The van der Waals surface area contributed by atoms with E-state index in [9.17, 15) is 10.1 Å². The molecule has 1 unspecified atom stereocenters. The fourth-order valence-corrected chi connectivity index (χ4v) is 4.67. The Hall–Kier alpha value is -2.95. The molecule has 2 aliphatic rings. The van der Waals surface area contributed by atoms with Crippen LogP contribution in [0.4, 0.5) is 0 Å². The number of hydrogen-bond acceptors (Lipinski definition) is 6. The Labute approximate surface area is 199 Å². The molecular weight excluding hydrogens is 496 g/mol. The molecule has 1 atom stereocenters. The fourth-order valence-electron chi connectivity index (χ4n) is 3.97. The maximum absolute atomic E-state index is 12.8. The van der Waals surface area contributed by atoms with Crippen LogP contribution in [0.2, 0.25) is 5.02 Å². The van der Waals surface area contributed by atoms with E-state index in [1.54, 1.807) is 18.2 Å². The van der Waals surface area contributed by atoms with Gasteiger partial charge in [-0.05, 0) is 57.7 Å². The Balaban J connectivity index is 1.73. The van der Waals surface area contributed by atoms with Crippen molar-refractivity contribution in [2.75, 3.05) is 7.11 Å². The average molecular weight is 516 g/mol. The lowest BCUT2D eigenvalue weighted by molar-refractivity contribution is -0.116. The molecule has 2 N–H and O–H groups in total. The fraction of sp³-hybridized carbons (Fsp3) is 0.250. The highest BCUT2D eigenvalue weighted by molar-refractivity contribution is 9.10. The summed E-state index contributed by atoms with van der Waals surface area (Å²) in [6.07, 6.45) is 1.72. The van der Waals surface area contributed by atoms with Crippen molar-refractivity contribution in [2.24, 2.45) is 5.73 Å². The van der Waals surface area contributed by atoms with Gasteiger partial charge < -0.3 is 19.9 Å². The summed E-state index contributed by atoms with van der Waals surface area (Å²) in [6.45, 7) is 0.312. The van der Waals surface area contributed by atoms with Crippen LogP contribution >= 0.6 is 27.5 Å². The molecule has 4 rings (SSSR count). The highest BCUT2D eigenvalue weighted by Crippen LogP contribution is 2.47. The van der Waals surface area contributed by atoms with Crippen LogP contribution in [0.25, 0.3) is 0 Å². The quantitative estimate of drug-likeness (QED) is 0.565. The van der Waals surface area contributed by atoms with E-state index >= 15 is 0 Å². The van der Waals surface area contributed by atoms with Crippen LogP contribution in [0, 0.1) is 11.3 Å². The molecule has 0 aromatic heterocycles. The molecule has 1 aliphatic heterocycles. The molecule has 0 amide bonds. The number of nitrogens with zero attached hydrogens (tertiary/aromatic N) is 1. The van der Waals surface area contributed by atoms with Crippen LogP contribution in [-0.2, 0) is 16.1 Å². The molecule has 0 fully saturated rings. The van der Waals surface area contributed by atoms with Crippen molar-refractivity contribution < 1.29 is 19.0 Å². The summed E-state index contributed by atoms with van der Waals surface area (Å²) in [4.78, 5) is 12.8. The van der Waals surface area contributed by atoms with Gasteiger partial charge >= 0.3 is 0 Å². The van der Waals surface area contributed by atoms with Crippen molar-refractivity contribution in [3.63, 3.8) is 0 Å². The van der Waals surface area contributed by atoms with Gasteiger partial charge in [0.15, 0.2) is 17.3 Å². The van der Waals surface area contributed by atoms with E-state index in [4.69, 9.17) is 31.5 Å². The van der Waals surface area contributed by atoms with Gasteiger partial charge in [0, 0.05) is 23.4 Å². The largest absolute Gasteiger partial charge is 0.493 e. The number of nitriles is 1. The average Bonchev–Trinajstić information content (AvgIpc) is 2.78. The van der Waals surface area contributed by atoms with Crippen LogP contribution in [0.5, 0.6) is 11.5 Å². The molecule has 0 saturated carbocycles. The molecule has 0 spiro atoms. The monoisotopic (exact) mass is 514 g/mol. The number of Topliss-reactive ketones (excluding diaryl/α,β-unsaturated/α-hetero) is 1. The Morgan fingerprint density at radius 1 is 1.28 bits per heavy atom. The minimum atomic E-state index is -0.618. The Kier molecular flexibility index (Phi) is 6.45. The number of nitrogens with two attached hydrogens (primary N) is 1. The van der Waals surface area contributed by atoms with Gasteiger partial charge in [0.2, 0.25) is 5.88 Å². The van der Waals surface area contributed by atoms with Gasteiger partial charge in [-0.25, -0.2) is 0 Å². The molecule has 1 aliphatic carbocycles. The molecule has 0 bridgehead atoms. The normalized spacial score (nSPS) is 18.1. The summed E-state index contributed by atoms with van der Waals surface area (Å²) >= 11 is 9.51. The van der Waals surface area contributed by atoms with Gasteiger partial charge in [0.25, 0.3) is 0 Å². The van der Waals surface area contributed by atoms with Crippen molar-refractivity contribution >= 4 is 33.3 Å². The number of rotatable bonds is 5. The van der Waals surface area contributed by atoms with Gasteiger partial charge in [0.05, 0.1) is 17.5 Å². The Morgan fingerprint density at radius 3 is 2.72 bits per heavy atom. The van der Waals surface area contributed by atoms with E-state index < -0.39 is 5.92 Å². The number of ketones is 1. The zero-order valence-electron chi connectivity index (χ0n) is 17.3. The van der Waals surface area contributed by atoms with Crippen molar-refractivity contribution in [1.29, 1.82) is 5.26 Å². The summed E-state index contributed by atoms with van der Waals surface area (Å²) in [6, 6.07) is 13.1. The lowest BCUT2D eigenvalue weighted by atomic mass is 9.77. The molecule has 6 nitrogen and oxygen atoms in total. The second kappa shape index (κ2) is 9.27. The smallest absolute Gasteiger partial charge is 0.205 e. The van der Waals surface area contributed by atoms with Gasteiger partial charge in [-0.2, -0.15) is 5.26 Å². The third-order valence-corrected chi connectivity index (χ3v) is 6.33. The summed E-state index contributed by atoms with van der Waals surface area (Å²) in [5.74, 6) is 0.903. The van der Waals surface area contributed by atoms with Gasteiger partial charge in [-0.15, -0.1) is 0 Å². The molecule has 0 saturated heterocycles. The van der Waals surface area contributed by atoms with E-state index in [-0.39, 0.29) is 17.2 Å². The number of allylic oxidation sites excluding steroid dienone is 3. The number of benzene rings is 2. The molecule has 0 radical (unpaired) electrons. The van der Waals surface area contributed by atoms with Crippen LogP contribution in [-0.4, -0.2) is 12.9 Å². The van der Waals surface area contributed by atoms with E-state index in [0.717, 1.165) is 5.56 Å².